The number of nitrogens with zero attached hydrogens (tertiary/aromatic N) is 2. The molecule has 3 heterocycles. The monoisotopic (exact) mass is 474 g/mol. The minimum Gasteiger partial charge on any atom is -0.235 e. The van der Waals surface area contributed by atoms with E-state index in [1.54, 1.807) is 17.7 Å². The Morgan fingerprint density at radius 3 is 2.59 bits per heavy atom. The van der Waals surface area contributed by atoms with E-state index in [9.17, 15) is 0 Å². The highest BCUT2D eigenvalue weighted by atomic mass is 32.1. The maximum atomic E-state index is 4.99. The summed E-state index contributed by atoms with van der Waals surface area (Å²) in [5.74, 6) is 0. The van der Waals surface area contributed by atoms with Crippen molar-refractivity contribution >= 4 is 55.5 Å². The molecule has 0 spiro atoms. The first-order valence-electron chi connectivity index (χ1n) is 10.9. The molecule has 0 N–H and O–H groups in total. The zero-order chi connectivity index (χ0) is 22.5. The fourth-order valence-electron chi connectivity index (χ4n) is 4.37. The molecule has 0 aliphatic rings. The lowest BCUT2D eigenvalue weighted by molar-refractivity contribution is 0.597. The Labute approximate surface area is 202 Å². The van der Waals surface area contributed by atoms with Gasteiger partial charge in [-0.3, -0.25) is 0 Å². The van der Waals surface area contributed by atoms with Crippen LogP contribution in [0.4, 0.5) is 0 Å². The summed E-state index contributed by atoms with van der Waals surface area (Å²) in [6, 6.07) is 13.2. The molecule has 5 rings (SSSR count). The number of aryl methyl sites for hydroxylation is 1. The number of benzene rings is 2. The lowest BCUT2D eigenvalue weighted by Gasteiger charge is -2.21. The van der Waals surface area contributed by atoms with Gasteiger partial charge < -0.3 is 0 Å². The molecule has 0 saturated carbocycles. The van der Waals surface area contributed by atoms with Crippen molar-refractivity contribution in [3.8, 4) is 22.5 Å². The molecule has 0 fully saturated rings. The first-order valence-corrected chi connectivity index (χ1v) is 13.1. The molecule has 0 bridgehead atoms. The zero-order valence-electron chi connectivity index (χ0n) is 18.8. The number of hydrogen-bond donors (Lipinski definition) is 1. The van der Waals surface area contributed by atoms with Gasteiger partial charge in [0.25, 0.3) is 0 Å². The lowest BCUT2D eigenvalue weighted by Crippen LogP contribution is -2.11. The third-order valence-corrected chi connectivity index (χ3v) is 8.29. The van der Waals surface area contributed by atoms with Crippen LogP contribution in [0.15, 0.2) is 58.4 Å². The second kappa shape index (κ2) is 8.29. The standard InChI is InChI=1S/C27H26N2S3/c1-5-7-17-14-32-21-9-6-8-19(22(17)21)24-25(30)23(28-15-29-24)18-12-16-10-11-31-26(16)20(13-18)27(2,3)4/h6,8-15,30H,5,7H2,1-4H3. The number of fused-ring (bicyclic) bond motifs is 2. The van der Waals surface area contributed by atoms with E-state index in [1.807, 2.05) is 11.3 Å². The first kappa shape index (κ1) is 21.6. The number of thiol groups is 1. The highest BCUT2D eigenvalue weighted by Gasteiger charge is 2.22. The smallest absolute Gasteiger partial charge is 0.116 e. The molecule has 5 heteroatoms. The molecule has 3 aromatic heterocycles. The van der Waals surface area contributed by atoms with E-state index in [-0.39, 0.29) is 5.41 Å². The predicted octanol–water partition coefficient (Wildman–Crippen LogP) is 8.78. The van der Waals surface area contributed by atoms with Crippen molar-refractivity contribution in [1.82, 2.24) is 9.97 Å². The Kier molecular flexibility index (Phi) is 5.60. The Morgan fingerprint density at radius 2 is 1.81 bits per heavy atom. The van der Waals surface area contributed by atoms with Gasteiger partial charge in [-0.2, -0.15) is 0 Å². The predicted molar refractivity (Wildman–Crippen MR) is 144 cm³/mol. The summed E-state index contributed by atoms with van der Waals surface area (Å²) in [5.41, 5.74) is 6.82. The molecule has 2 nitrogen and oxygen atoms in total. The molecule has 5 aromatic rings. The van der Waals surface area contributed by atoms with Crippen molar-refractivity contribution in [2.45, 2.75) is 50.8 Å². The van der Waals surface area contributed by atoms with Crippen LogP contribution in [0.5, 0.6) is 0 Å². The highest BCUT2D eigenvalue weighted by Crippen LogP contribution is 2.42. The third kappa shape index (κ3) is 3.66. The lowest BCUT2D eigenvalue weighted by atomic mass is 9.85. The molecule has 0 radical (unpaired) electrons. The number of thiophene rings is 2. The molecule has 0 aliphatic carbocycles. The normalized spacial score (nSPS) is 12.2. The highest BCUT2D eigenvalue weighted by molar-refractivity contribution is 7.80. The number of hydrogen-bond acceptors (Lipinski definition) is 5. The fourth-order valence-corrected chi connectivity index (χ4v) is 6.86. The molecular formula is C27H26N2S3. The van der Waals surface area contributed by atoms with Crippen LogP contribution in [0.2, 0.25) is 0 Å². The van der Waals surface area contributed by atoms with Crippen molar-refractivity contribution in [2.24, 2.45) is 0 Å². The van der Waals surface area contributed by atoms with Crippen LogP contribution in [0, 0.1) is 0 Å². The van der Waals surface area contributed by atoms with Crippen LogP contribution < -0.4 is 0 Å². The van der Waals surface area contributed by atoms with Gasteiger partial charge in [0.05, 0.1) is 16.3 Å². The molecule has 32 heavy (non-hydrogen) atoms. The van der Waals surface area contributed by atoms with Crippen molar-refractivity contribution < 1.29 is 0 Å². The van der Waals surface area contributed by atoms with E-state index in [1.165, 1.54) is 31.3 Å². The van der Waals surface area contributed by atoms with Gasteiger partial charge in [-0.1, -0.05) is 46.2 Å². The van der Waals surface area contributed by atoms with Crippen molar-refractivity contribution in [1.29, 1.82) is 0 Å². The summed E-state index contributed by atoms with van der Waals surface area (Å²) in [7, 11) is 0. The summed E-state index contributed by atoms with van der Waals surface area (Å²) < 4.78 is 2.65. The fraction of sp³-hybridized carbons (Fsp3) is 0.259. The van der Waals surface area contributed by atoms with Crippen LogP contribution in [0.1, 0.15) is 45.2 Å². The largest absolute Gasteiger partial charge is 0.235 e. The van der Waals surface area contributed by atoms with E-state index >= 15 is 0 Å². The molecule has 0 saturated heterocycles. The number of aromatic nitrogens is 2. The van der Waals surface area contributed by atoms with Gasteiger partial charge in [0.2, 0.25) is 0 Å². The second-order valence-corrected chi connectivity index (χ2v) is 11.5. The van der Waals surface area contributed by atoms with E-state index < -0.39 is 0 Å². The van der Waals surface area contributed by atoms with Crippen LogP contribution in [-0.4, -0.2) is 9.97 Å². The van der Waals surface area contributed by atoms with Gasteiger partial charge in [-0.05, 0) is 63.4 Å². The van der Waals surface area contributed by atoms with Gasteiger partial charge in [0.1, 0.15) is 6.33 Å². The Hall–Kier alpha value is -2.21. The summed E-state index contributed by atoms with van der Waals surface area (Å²) >= 11 is 8.61. The van der Waals surface area contributed by atoms with E-state index in [2.05, 4.69) is 74.9 Å². The zero-order valence-corrected chi connectivity index (χ0v) is 21.3. The Bertz CT molecular complexity index is 1440. The second-order valence-electron chi connectivity index (χ2n) is 9.22. The van der Waals surface area contributed by atoms with Crippen LogP contribution >= 0.6 is 35.3 Å². The van der Waals surface area contributed by atoms with Gasteiger partial charge in [0.15, 0.2) is 0 Å². The molecular weight excluding hydrogens is 449 g/mol. The molecule has 0 amide bonds. The minimum atomic E-state index is 0.0447. The van der Waals surface area contributed by atoms with Crippen molar-refractivity contribution in [3.63, 3.8) is 0 Å². The van der Waals surface area contributed by atoms with Crippen molar-refractivity contribution in [3.05, 3.63) is 64.6 Å². The van der Waals surface area contributed by atoms with Crippen LogP contribution in [-0.2, 0) is 11.8 Å². The maximum Gasteiger partial charge on any atom is 0.116 e. The van der Waals surface area contributed by atoms with E-state index in [0.29, 0.717) is 0 Å². The summed E-state index contributed by atoms with van der Waals surface area (Å²) in [6.07, 6.45) is 3.88. The Balaban J connectivity index is 1.73. The van der Waals surface area contributed by atoms with Gasteiger partial charge >= 0.3 is 0 Å². The average Bonchev–Trinajstić information content (AvgIpc) is 3.40. The molecule has 2 aromatic carbocycles. The minimum absolute atomic E-state index is 0.0447. The SMILES string of the molecule is CCCc1csc2cccc(-c3ncnc(-c4cc(C(C)(C)C)c5sccc5c4)c3S)c12. The Morgan fingerprint density at radius 1 is 1.00 bits per heavy atom. The summed E-state index contributed by atoms with van der Waals surface area (Å²) in [5, 5.41) is 7.03. The summed E-state index contributed by atoms with van der Waals surface area (Å²) in [6.45, 7) is 9.03. The summed E-state index contributed by atoms with van der Waals surface area (Å²) in [4.78, 5) is 10.2. The van der Waals surface area contributed by atoms with Crippen LogP contribution in [0.3, 0.4) is 0 Å². The topological polar surface area (TPSA) is 25.8 Å². The third-order valence-electron chi connectivity index (χ3n) is 5.90. The number of rotatable bonds is 4. The molecule has 0 unspecified atom stereocenters. The van der Waals surface area contributed by atoms with Gasteiger partial charge in [0, 0.05) is 25.9 Å². The van der Waals surface area contributed by atoms with Crippen LogP contribution in [0.25, 0.3) is 42.7 Å². The quantitative estimate of drug-likeness (QED) is 0.263. The van der Waals surface area contributed by atoms with E-state index in [4.69, 9.17) is 22.6 Å². The van der Waals surface area contributed by atoms with Gasteiger partial charge in [-0.15, -0.1) is 35.3 Å². The average molecular weight is 475 g/mol. The maximum absolute atomic E-state index is 4.99. The first-order chi connectivity index (χ1) is 15.4. The van der Waals surface area contributed by atoms with Crippen molar-refractivity contribution in [2.75, 3.05) is 0 Å². The van der Waals surface area contributed by atoms with Gasteiger partial charge in [-0.25, -0.2) is 9.97 Å². The van der Waals surface area contributed by atoms with E-state index in [0.717, 1.165) is 40.3 Å². The molecule has 162 valence electrons. The molecule has 0 aliphatic heterocycles. The molecule has 0 atom stereocenters.